The Labute approximate surface area is 258 Å². The van der Waals surface area contributed by atoms with Crippen LogP contribution in [-0.2, 0) is 16.1 Å². The third-order valence-corrected chi connectivity index (χ3v) is 7.36. The molecule has 0 aliphatic heterocycles. The fourth-order valence-corrected chi connectivity index (χ4v) is 4.68. The molecule has 0 amide bonds. The highest BCUT2D eigenvalue weighted by Crippen LogP contribution is 2.60. The Morgan fingerprint density at radius 2 is 1.79 bits per heavy atom. The lowest BCUT2D eigenvalue weighted by atomic mass is 10.1. The minimum atomic E-state index is -0.962. The molecule has 8 nitrogen and oxygen atoms in total. The van der Waals surface area contributed by atoms with E-state index in [4.69, 9.17) is 26.3 Å². The summed E-state index contributed by atoms with van der Waals surface area (Å²) in [4.78, 5) is 22.2. The summed E-state index contributed by atoms with van der Waals surface area (Å²) in [6.45, 7) is 10.6. The number of para-hydroxylation sites is 1. The van der Waals surface area contributed by atoms with E-state index in [2.05, 4.69) is 36.0 Å². The molecule has 43 heavy (non-hydrogen) atoms. The van der Waals surface area contributed by atoms with Gasteiger partial charge in [0.15, 0.2) is 0 Å². The molecule has 1 fully saturated rings. The molecule has 0 radical (unpaired) electrons. The second-order valence-electron chi connectivity index (χ2n) is 11.1. The van der Waals surface area contributed by atoms with Crippen LogP contribution in [0.25, 0.3) is 0 Å². The number of aliphatic imine (C=N–C) groups is 1. The van der Waals surface area contributed by atoms with E-state index >= 15 is 0 Å². The Kier molecular flexibility index (Phi) is 11.5. The monoisotopic (exact) mass is 597 g/mol. The molecule has 0 spiro atoms. The third-order valence-electron chi connectivity index (χ3n) is 7.14. The smallest absolute Gasteiger partial charge is 0.311 e. The van der Waals surface area contributed by atoms with Gasteiger partial charge in [-0.2, -0.15) is 15.5 Å². The van der Waals surface area contributed by atoms with Gasteiger partial charge in [0.2, 0.25) is 12.3 Å². The Bertz CT molecular complexity index is 1530. The molecule has 3 atom stereocenters. The van der Waals surface area contributed by atoms with E-state index in [0.717, 1.165) is 5.56 Å². The van der Waals surface area contributed by atoms with Crippen molar-refractivity contribution in [3.63, 3.8) is 0 Å². The Morgan fingerprint density at radius 1 is 1.09 bits per heavy atom. The quantitative estimate of drug-likeness (QED) is 0.0648. The molecule has 0 N–H and O–H groups in total. The molecule has 1 saturated carbocycles. The third kappa shape index (κ3) is 9.43. The zero-order valence-corrected chi connectivity index (χ0v) is 26.0. The number of carbonyl (C=O) groups excluding carboxylic acids is 1. The number of ether oxygens (including phenoxy) is 2. The maximum atomic E-state index is 12.7. The van der Waals surface area contributed by atoms with Crippen LogP contribution >= 0.6 is 11.6 Å². The molecule has 1 aliphatic rings. The van der Waals surface area contributed by atoms with Gasteiger partial charge in [0.1, 0.15) is 28.6 Å². The molecule has 222 valence electrons. The molecule has 3 aromatic rings. The predicted molar refractivity (Wildman–Crippen MR) is 167 cm³/mol. The first-order valence-corrected chi connectivity index (χ1v) is 14.2. The molecule has 1 aliphatic carbocycles. The van der Waals surface area contributed by atoms with Gasteiger partial charge in [-0.3, -0.25) is 4.79 Å². The summed E-state index contributed by atoms with van der Waals surface area (Å²) in [7, 11) is 1.87. The minimum Gasteiger partial charge on any atom is -0.457 e. The number of nitriles is 2. The van der Waals surface area contributed by atoms with Crippen LogP contribution in [0.4, 0.5) is 0 Å². The first-order valence-electron chi connectivity index (χ1n) is 13.8. The highest BCUT2D eigenvalue weighted by molar-refractivity contribution is 6.29. The topological polar surface area (TPSA) is 112 Å². The predicted octanol–water partition coefficient (Wildman–Crippen LogP) is 7.89. The van der Waals surface area contributed by atoms with Crippen LogP contribution in [0.1, 0.15) is 51.8 Å². The number of benzene rings is 2. The summed E-state index contributed by atoms with van der Waals surface area (Å²) >= 11 is 5.67. The van der Waals surface area contributed by atoms with Gasteiger partial charge in [-0.05, 0) is 68.0 Å². The molecule has 0 saturated heterocycles. The lowest BCUT2D eigenvalue weighted by Crippen LogP contribution is -2.23. The first-order chi connectivity index (χ1) is 20.5. The van der Waals surface area contributed by atoms with Crippen molar-refractivity contribution in [3.05, 3.63) is 101 Å². The number of pyridine rings is 1. The average molecular weight is 598 g/mol. The van der Waals surface area contributed by atoms with Gasteiger partial charge in [0.25, 0.3) is 0 Å². The number of amidine groups is 1. The van der Waals surface area contributed by atoms with E-state index in [-0.39, 0.29) is 23.2 Å². The normalized spacial score (nSPS) is 17.1. The summed E-state index contributed by atoms with van der Waals surface area (Å²) in [5.41, 5.74) is 2.65. The van der Waals surface area contributed by atoms with Crippen molar-refractivity contribution in [1.29, 1.82) is 10.5 Å². The van der Waals surface area contributed by atoms with Gasteiger partial charge in [-0.15, -0.1) is 0 Å². The molecule has 1 aromatic heterocycles. The molecule has 2 aromatic carbocycles. The van der Waals surface area contributed by atoms with Crippen molar-refractivity contribution in [2.45, 2.75) is 47.3 Å². The molecule has 4 rings (SSSR count). The molecule has 3 unspecified atom stereocenters. The number of hydrogen-bond donors (Lipinski definition) is 0. The van der Waals surface area contributed by atoms with Gasteiger partial charge < -0.3 is 14.4 Å². The van der Waals surface area contributed by atoms with Gasteiger partial charge in [-0.1, -0.05) is 73.5 Å². The highest BCUT2D eigenvalue weighted by atomic mass is 35.5. The molecule has 9 heteroatoms. The molecule has 1 heterocycles. The van der Waals surface area contributed by atoms with E-state index in [9.17, 15) is 10.1 Å². The Balaban J connectivity index is 0.000000285. The van der Waals surface area contributed by atoms with Gasteiger partial charge >= 0.3 is 5.97 Å². The standard InChI is InChI=1S/C24H25NO3.C10H11ClN4/c1-16(2)13-20-22(24(20,3)4)23(26)28-21(15-25)17-9-8-12-19(14-17)27-18-10-6-5-7-11-18;1-8(14-7-12)15(2)6-9-3-4-10(11)13-5-9/h5-14,20-22H,1-4H3;3-5H,6H2,1-2H3. The van der Waals surface area contributed by atoms with Crippen LogP contribution in [0.2, 0.25) is 5.15 Å². The summed E-state index contributed by atoms with van der Waals surface area (Å²) in [5.74, 6) is 1.57. The summed E-state index contributed by atoms with van der Waals surface area (Å²) in [5, 5.41) is 18.4. The maximum absolute atomic E-state index is 12.7. The number of rotatable bonds is 8. The second kappa shape index (κ2) is 15.0. The van der Waals surface area contributed by atoms with E-state index in [1.54, 1.807) is 43.6 Å². The van der Waals surface area contributed by atoms with Crippen LogP contribution < -0.4 is 4.74 Å². The van der Waals surface area contributed by atoms with E-state index in [1.165, 1.54) is 5.57 Å². The van der Waals surface area contributed by atoms with Crippen LogP contribution in [0.3, 0.4) is 0 Å². The summed E-state index contributed by atoms with van der Waals surface area (Å²) in [6, 6.07) is 22.2. The van der Waals surface area contributed by atoms with Gasteiger partial charge in [0.05, 0.1) is 5.92 Å². The fraction of sp³-hybridized carbons (Fsp3) is 0.324. The van der Waals surface area contributed by atoms with Crippen LogP contribution in [0, 0.1) is 40.0 Å². The molecular formula is C34H36ClN5O3. The number of nitrogens with zero attached hydrogens (tertiary/aromatic N) is 5. The molecule has 0 bridgehead atoms. The largest absolute Gasteiger partial charge is 0.457 e. The van der Waals surface area contributed by atoms with Crippen molar-refractivity contribution in [2.75, 3.05) is 7.05 Å². The van der Waals surface area contributed by atoms with Crippen LogP contribution in [0.5, 0.6) is 11.5 Å². The number of carbonyl (C=O) groups is 1. The zero-order chi connectivity index (χ0) is 31.6. The molecular weight excluding hydrogens is 562 g/mol. The number of hydrogen-bond acceptors (Lipinski definition) is 7. The van der Waals surface area contributed by atoms with Crippen molar-refractivity contribution in [2.24, 2.45) is 22.2 Å². The van der Waals surface area contributed by atoms with Crippen molar-refractivity contribution >= 4 is 23.4 Å². The van der Waals surface area contributed by atoms with Crippen molar-refractivity contribution in [3.8, 4) is 23.8 Å². The van der Waals surface area contributed by atoms with Crippen LogP contribution in [0.15, 0.2) is 89.6 Å². The summed E-state index contributed by atoms with van der Waals surface area (Å²) in [6.07, 6.45) is 4.61. The number of allylic oxidation sites excluding steroid dienone is 2. The average Bonchev–Trinajstić information content (AvgIpc) is 3.52. The SMILES string of the molecule is CC(=NC#N)N(C)Cc1ccc(Cl)nc1.CC(C)=CC1C(C(=O)OC(C#N)c2cccc(Oc3ccccc3)c2)C1(C)C. The van der Waals surface area contributed by atoms with E-state index in [0.29, 0.717) is 34.6 Å². The second-order valence-corrected chi connectivity index (χ2v) is 11.5. The van der Waals surface area contributed by atoms with Gasteiger partial charge in [0, 0.05) is 25.4 Å². The number of aromatic nitrogens is 1. The lowest BCUT2D eigenvalue weighted by Gasteiger charge is -2.17. The first kappa shape index (κ1) is 32.8. The Hall–Kier alpha value is -4.66. The van der Waals surface area contributed by atoms with Gasteiger partial charge in [-0.25, -0.2) is 4.98 Å². The fourth-order valence-electron chi connectivity index (χ4n) is 4.57. The van der Waals surface area contributed by atoms with E-state index in [1.807, 2.05) is 68.3 Å². The van der Waals surface area contributed by atoms with Crippen molar-refractivity contribution < 1.29 is 14.3 Å². The maximum Gasteiger partial charge on any atom is 0.311 e. The van der Waals surface area contributed by atoms with E-state index < -0.39 is 6.10 Å². The van der Waals surface area contributed by atoms with Crippen molar-refractivity contribution in [1.82, 2.24) is 9.88 Å². The summed E-state index contributed by atoms with van der Waals surface area (Å²) < 4.78 is 11.4. The van der Waals surface area contributed by atoms with Crippen LogP contribution in [-0.4, -0.2) is 28.7 Å². The Morgan fingerprint density at radius 3 is 2.40 bits per heavy atom. The highest BCUT2D eigenvalue weighted by Gasteiger charge is 2.61. The number of esters is 1. The number of halogens is 1. The minimum absolute atomic E-state index is 0.146. The lowest BCUT2D eigenvalue weighted by molar-refractivity contribution is -0.149. The zero-order valence-electron chi connectivity index (χ0n) is 25.3.